The first-order valence-corrected chi connectivity index (χ1v) is 5.80. The number of rotatable bonds is 1. The second-order valence-corrected chi connectivity index (χ2v) is 4.77. The van der Waals surface area contributed by atoms with Crippen LogP contribution in [0.15, 0.2) is 18.2 Å². The summed E-state index contributed by atoms with van der Waals surface area (Å²) in [6.45, 7) is -0.711. The molecule has 0 amide bonds. The van der Waals surface area contributed by atoms with Gasteiger partial charge in [0.15, 0.2) is 5.82 Å². The number of aliphatic hydroxyl groups excluding tert-OH is 1. The van der Waals surface area contributed by atoms with Crippen molar-refractivity contribution in [2.75, 3.05) is 18.0 Å². The van der Waals surface area contributed by atoms with Crippen molar-refractivity contribution in [2.24, 2.45) is 0 Å². The van der Waals surface area contributed by atoms with Gasteiger partial charge in [0.1, 0.15) is 6.10 Å². The van der Waals surface area contributed by atoms with E-state index < -0.39 is 18.6 Å². The Morgan fingerprint density at radius 1 is 1.50 bits per heavy atom. The Hall–Kier alpha value is -1.40. The van der Waals surface area contributed by atoms with E-state index in [-0.39, 0.29) is 6.54 Å². The number of alkyl halides is 2. The van der Waals surface area contributed by atoms with Gasteiger partial charge in [0, 0.05) is 0 Å². The van der Waals surface area contributed by atoms with Crippen LogP contribution in [0.3, 0.4) is 0 Å². The van der Waals surface area contributed by atoms with Gasteiger partial charge in [0.05, 0.1) is 29.0 Å². The number of hydrogen-bond acceptors (Lipinski definition) is 3. The van der Waals surface area contributed by atoms with Gasteiger partial charge in [-0.15, -0.1) is 0 Å². The van der Waals surface area contributed by atoms with E-state index in [4.69, 9.17) is 11.6 Å². The third kappa shape index (κ3) is 1.64. The smallest absolute Gasteiger partial charge is 0.292 e. The molecule has 1 aromatic carbocycles. The van der Waals surface area contributed by atoms with Gasteiger partial charge in [0.25, 0.3) is 5.92 Å². The molecule has 0 spiro atoms. The molecule has 1 saturated heterocycles. The molecule has 1 fully saturated rings. The Balaban J connectivity index is 2.06. The van der Waals surface area contributed by atoms with Gasteiger partial charge in [-0.3, -0.25) is 5.10 Å². The molecule has 18 heavy (non-hydrogen) atoms. The van der Waals surface area contributed by atoms with E-state index >= 15 is 0 Å². The fourth-order valence-electron chi connectivity index (χ4n) is 2.17. The molecule has 2 aromatic rings. The van der Waals surface area contributed by atoms with Crippen LogP contribution in [0.5, 0.6) is 0 Å². The molecule has 2 N–H and O–H groups in total. The summed E-state index contributed by atoms with van der Waals surface area (Å²) in [4.78, 5) is 1.34. The first kappa shape index (κ1) is 11.7. The lowest BCUT2D eigenvalue weighted by Crippen LogP contribution is -2.31. The lowest BCUT2D eigenvalue weighted by atomic mass is 10.2. The minimum absolute atomic E-state index is 0.155. The van der Waals surface area contributed by atoms with Crippen LogP contribution in [0.25, 0.3) is 10.9 Å². The van der Waals surface area contributed by atoms with Crippen LogP contribution in [0.1, 0.15) is 0 Å². The van der Waals surface area contributed by atoms with E-state index in [1.807, 2.05) is 0 Å². The summed E-state index contributed by atoms with van der Waals surface area (Å²) >= 11 is 6.05. The monoisotopic (exact) mass is 273 g/mol. The number of hydrogen-bond donors (Lipinski definition) is 2. The Morgan fingerprint density at radius 2 is 2.28 bits per heavy atom. The number of benzene rings is 1. The maximum atomic E-state index is 13.3. The standard InChI is InChI=1S/C11H10ClF2N3O/c12-6-2-1-3-7-9(6)10(16-15-7)17-4-8(18)11(13,14)5-17/h1-3,8,18H,4-5H2,(H,15,16). The van der Waals surface area contributed by atoms with Gasteiger partial charge >= 0.3 is 0 Å². The fraction of sp³-hybridized carbons (Fsp3) is 0.364. The molecule has 96 valence electrons. The first-order chi connectivity index (χ1) is 8.49. The largest absolute Gasteiger partial charge is 0.385 e. The van der Waals surface area contributed by atoms with Gasteiger partial charge < -0.3 is 10.0 Å². The van der Waals surface area contributed by atoms with E-state index in [9.17, 15) is 13.9 Å². The number of halogens is 3. The summed E-state index contributed by atoms with van der Waals surface area (Å²) in [5.74, 6) is -2.76. The third-order valence-corrected chi connectivity index (χ3v) is 3.42. The zero-order valence-corrected chi connectivity index (χ0v) is 9.96. The molecule has 0 bridgehead atoms. The van der Waals surface area contributed by atoms with Crippen molar-refractivity contribution < 1.29 is 13.9 Å². The molecular weight excluding hydrogens is 264 g/mol. The van der Waals surface area contributed by atoms with Crippen LogP contribution >= 0.6 is 11.6 Å². The van der Waals surface area contributed by atoms with E-state index in [0.29, 0.717) is 21.7 Å². The van der Waals surface area contributed by atoms with Gasteiger partial charge in [-0.05, 0) is 12.1 Å². The quantitative estimate of drug-likeness (QED) is 0.836. The summed E-state index contributed by atoms with van der Waals surface area (Å²) in [5, 5.41) is 17.1. The Morgan fingerprint density at radius 3 is 2.94 bits per heavy atom. The van der Waals surface area contributed by atoms with Crippen LogP contribution in [-0.4, -0.2) is 40.4 Å². The minimum Gasteiger partial charge on any atom is -0.385 e. The van der Waals surface area contributed by atoms with Crippen LogP contribution in [-0.2, 0) is 0 Å². The maximum Gasteiger partial charge on any atom is 0.292 e. The first-order valence-electron chi connectivity index (χ1n) is 5.42. The average molecular weight is 274 g/mol. The summed E-state index contributed by atoms with van der Waals surface area (Å²) in [7, 11) is 0. The van der Waals surface area contributed by atoms with Gasteiger partial charge in [-0.25, -0.2) is 8.78 Å². The normalized spacial score (nSPS) is 22.9. The van der Waals surface area contributed by atoms with Crippen molar-refractivity contribution in [1.29, 1.82) is 0 Å². The molecule has 0 saturated carbocycles. The number of H-pyrrole nitrogens is 1. The highest BCUT2D eigenvalue weighted by Crippen LogP contribution is 2.36. The van der Waals surface area contributed by atoms with E-state index in [1.165, 1.54) is 4.90 Å². The van der Waals surface area contributed by atoms with Crippen LogP contribution in [0, 0.1) is 0 Å². The lowest BCUT2D eigenvalue weighted by Gasteiger charge is -2.15. The Labute approximate surface area is 106 Å². The molecular formula is C11H10ClF2N3O. The number of fused-ring (bicyclic) bond motifs is 1. The molecule has 1 atom stereocenters. The van der Waals surface area contributed by atoms with Crippen molar-refractivity contribution in [3.8, 4) is 0 Å². The summed E-state index contributed by atoms with van der Waals surface area (Å²) in [5.41, 5.74) is 0.683. The van der Waals surface area contributed by atoms with Gasteiger partial charge in [-0.1, -0.05) is 17.7 Å². The highest BCUT2D eigenvalue weighted by Gasteiger charge is 2.48. The molecule has 2 heterocycles. The van der Waals surface area contributed by atoms with Gasteiger partial charge in [-0.2, -0.15) is 5.10 Å². The van der Waals surface area contributed by atoms with Crippen molar-refractivity contribution in [3.05, 3.63) is 23.2 Å². The average Bonchev–Trinajstić information content (AvgIpc) is 2.82. The molecule has 0 aliphatic carbocycles. The van der Waals surface area contributed by atoms with E-state index in [2.05, 4.69) is 10.2 Å². The molecule has 1 aromatic heterocycles. The minimum atomic E-state index is -3.12. The molecule has 4 nitrogen and oxygen atoms in total. The zero-order valence-electron chi connectivity index (χ0n) is 9.20. The van der Waals surface area contributed by atoms with E-state index in [1.54, 1.807) is 18.2 Å². The third-order valence-electron chi connectivity index (χ3n) is 3.10. The summed E-state index contributed by atoms with van der Waals surface area (Å²) in [6.07, 6.45) is -1.67. The molecule has 3 rings (SSSR count). The second-order valence-electron chi connectivity index (χ2n) is 4.37. The number of nitrogens with zero attached hydrogens (tertiary/aromatic N) is 2. The SMILES string of the molecule is OC1CN(c2n[nH]c3cccc(Cl)c23)CC1(F)F. The zero-order chi connectivity index (χ0) is 12.9. The molecule has 1 aliphatic rings. The summed E-state index contributed by atoms with van der Waals surface area (Å²) in [6, 6.07) is 5.19. The molecule has 1 aliphatic heterocycles. The Kier molecular flexibility index (Phi) is 2.46. The lowest BCUT2D eigenvalue weighted by molar-refractivity contribution is -0.0712. The maximum absolute atomic E-state index is 13.3. The number of aliphatic hydroxyl groups is 1. The van der Waals surface area contributed by atoms with Crippen LogP contribution < -0.4 is 4.90 Å². The number of nitrogens with one attached hydrogen (secondary N) is 1. The van der Waals surface area contributed by atoms with Crippen molar-refractivity contribution in [1.82, 2.24) is 10.2 Å². The Bertz CT molecular complexity index is 601. The number of aromatic amines is 1. The number of β-amino-alcohol motifs (C(OH)–C–C–N with tert-alkyl or cyclic N) is 1. The molecule has 7 heteroatoms. The highest BCUT2D eigenvalue weighted by molar-refractivity contribution is 6.36. The predicted molar refractivity (Wildman–Crippen MR) is 64.3 cm³/mol. The topological polar surface area (TPSA) is 52.1 Å². The predicted octanol–water partition coefficient (Wildman–Crippen LogP) is 2.03. The van der Waals surface area contributed by atoms with Crippen LogP contribution in [0.2, 0.25) is 5.02 Å². The van der Waals surface area contributed by atoms with E-state index in [0.717, 1.165) is 0 Å². The molecule has 0 radical (unpaired) electrons. The highest BCUT2D eigenvalue weighted by atomic mass is 35.5. The van der Waals surface area contributed by atoms with Crippen molar-refractivity contribution >= 4 is 28.3 Å². The van der Waals surface area contributed by atoms with Crippen molar-refractivity contribution in [2.45, 2.75) is 12.0 Å². The fourth-order valence-corrected chi connectivity index (χ4v) is 2.43. The molecule has 1 unspecified atom stereocenters. The number of anilines is 1. The second kappa shape index (κ2) is 3.80. The summed E-state index contributed by atoms with van der Waals surface area (Å²) < 4.78 is 26.6. The number of aromatic nitrogens is 2. The van der Waals surface area contributed by atoms with Crippen molar-refractivity contribution in [3.63, 3.8) is 0 Å². The van der Waals surface area contributed by atoms with Crippen LogP contribution in [0.4, 0.5) is 14.6 Å². The van der Waals surface area contributed by atoms with Gasteiger partial charge in [0.2, 0.25) is 0 Å².